The van der Waals surface area contributed by atoms with Crippen LogP contribution >= 0.6 is 11.8 Å². The van der Waals surface area contributed by atoms with E-state index in [0.717, 1.165) is 24.2 Å². The maximum atomic E-state index is 12.8. The highest BCUT2D eigenvalue weighted by atomic mass is 32.2. The first kappa shape index (κ1) is 24.2. The summed E-state index contributed by atoms with van der Waals surface area (Å²) in [5.74, 6) is 1.18. The van der Waals surface area contributed by atoms with Gasteiger partial charge in [0.25, 0.3) is 0 Å². The second-order valence-electron chi connectivity index (χ2n) is 7.06. The fourth-order valence-corrected chi connectivity index (χ4v) is 4.65. The lowest BCUT2D eigenvalue weighted by Crippen LogP contribution is -2.49. The number of methoxy groups -OCH3 is 1. The first-order chi connectivity index (χ1) is 14.4. The van der Waals surface area contributed by atoms with Crippen LogP contribution in [0.3, 0.4) is 0 Å². The van der Waals surface area contributed by atoms with Crippen LogP contribution in [0.1, 0.15) is 25.3 Å². The summed E-state index contributed by atoms with van der Waals surface area (Å²) >= 11 is 1.57. The summed E-state index contributed by atoms with van der Waals surface area (Å²) < 4.78 is 33.0. The number of hydrogen-bond donors (Lipinski definition) is 2. The Labute approximate surface area is 183 Å². The van der Waals surface area contributed by atoms with Crippen molar-refractivity contribution in [1.82, 2.24) is 10.0 Å². The topological polar surface area (TPSA) is 84.5 Å². The number of amides is 1. The molecule has 1 amide bonds. The fourth-order valence-electron chi connectivity index (χ4n) is 2.93. The minimum absolute atomic E-state index is 0.0855. The summed E-state index contributed by atoms with van der Waals surface area (Å²) in [7, 11) is -2.13. The zero-order chi connectivity index (χ0) is 22.0. The molecule has 164 valence electrons. The van der Waals surface area contributed by atoms with Crippen molar-refractivity contribution in [2.45, 2.75) is 43.2 Å². The summed E-state index contributed by atoms with van der Waals surface area (Å²) in [6, 6.07) is 15.0. The highest BCUT2D eigenvalue weighted by Crippen LogP contribution is 2.14. The number of rotatable bonds is 12. The van der Waals surface area contributed by atoms with Crippen LogP contribution in [0.5, 0.6) is 5.75 Å². The van der Waals surface area contributed by atoms with Gasteiger partial charge in [-0.05, 0) is 68.0 Å². The van der Waals surface area contributed by atoms with Gasteiger partial charge in [0, 0.05) is 6.04 Å². The van der Waals surface area contributed by atoms with Crippen LogP contribution in [0.15, 0.2) is 59.5 Å². The zero-order valence-corrected chi connectivity index (χ0v) is 19.3. The number of sulfonamides is 1. The maximum absolute atomic E-state index is 12.8. The van der Waals surface area contributed by atoms with Gasteiger partial charge in [-0.3, -0.25) is 4.79 Å². The summed E-state index contributed by atoms with van der Waals surface area (Å²) in [4.78, 5) is 13.0. The molecule has 2 rings (SSSR count). The molecule has 0 aromatic heterocycles. The molecular weight excluding hydrogens is 420 g/mol. The summed E-state index contributed by atoms with van der Waals surface area (Å²) in [5.41, 5.74) is 1.15. The van der Waals surface area contributed by atoms with Crippen LogP contribution in [0.2, 0.25) is 0 Å². The average Bonchev–Trinajstić information content (AvgIpc) is 2.76. The Morgan fingerprint density at radius 1 is 1.07 bits per heavy atom. The molecule has 2 N–H and O–H groups in total. The average molecular weight is 451 g/mol. The second-order valence-corrected chi connectivity index (χ2v) is 9.76. The van der Waals surface area contributed by atoms with Gasteiger partial charge < -0.3 is 10.1 Å². The van der Waals surface area contributed by atoms with Gasteiger partial charge in [-0.25, -0.2) is 8.42 Å². The molecule has 0 aliphatic carbocycles. The van der Waals surface area contributed by atoms with Gasteiger partial charge >= 0.3 is 0 Å². The van der Waals surface area contributed by atoms with Crippen molar-refractivity contribution in [3.63, 3.8) is 0 Å². The predicted molar refractivity (Wildman–Crippen MR) is 122 cm³/mol. The molecule has 0 heterocycles. The van der Waals surface area contributed by atoms with Crippen molar-refractivity contribution in [1.29, 1.82) is 0 Å². The van der Waals surface area contributed by atoms with Crippen LogP contribution in [-0.4, -0.2) is 45.5 Å². The van der Waals surface area contributed by atoms with Gasteiger partial charge in [-0.2, -0.15) is 16.5 Å². The molecular formula is C22H30N2O4S2. The number of nitrogens with one attached hydrogen (secondary N) is 2. The van der Waals surface area contributed by atoms with Crippen LogP contribution in [0.25, 0.3) is 0 Å². The number of carbonyl (C=O) groups excluding carboxylic acids is 1. The van der Waals surface area contributed by atoms with E-state index in [1.165, 1.54) is 12.1 Å². The van der Waals surface area contributed by atoms with E-state index in [2.05, 4.69) is 10.0 Å². The lowest BCUT2D eigenvalue weighted by molar-refractivity contribution is -0.123. The lowest BCUT2D eigenvalue weighted by atomic mass is 10.1. The fraction of sp³-hybridized carbons (Fsp3) is 0.409. The molecule has 2 aromatic rings. The molecule has 0 radical (unpaired) electrons. The van der Waals surface area contributed by atoms with Crippen LogP contribution < -0.4 is 14.8 Å². The van der Waals surface area contributed by atoms with Gasteiger partial charge in [0.15, 0.2) is 0 Å². The van der Waals surface area contributed by atoms with Crippen LogP contribution in [0.4, 0.5) is 0 Å². The third-order valence-corrected chi connectivity index (χ3v) is 6.82. The van der Waals surface area contributed by atoms with Crippen molar-refractivity contribution < 1.29 is 17.9 Å². The number of carbonyl (C=O) groups is 1. The van der Waals surface area contributed by atoms with E-state index in [9.17, 15) is 13.2 Å². The molecule has 2 aromatic carbocycles. The Bertz CT molecular complexity index is 887. The first-order valence-corrected chi connectivity index (χ1v) is 12.7. The van der Waals surface area contributed by atoms with E-state index in [-0.39, 0.29) is 16.8 Å². The molecule has 0 saturated carbocycles. The highest BCUT2D eigenvalue weighted by Gasteiger charge is 2.26. The normalized spacial score (nSPS) is 13.4. The van der Waals surface area contributed by atoms with Gasteiger partial charge in [0.1, 0.15) is 11.8 Å². The minimum Gasteiger partial charge on any atom is -0.497 e. The number of thioether (sulfide) groups is 1. The second kappa shape index (κ2) is 12.0. The van der Waals surface area contributed by atoms with E-state index in [4.69, 9.17) is 4.74 Å². The third-order valence-electron chi connectivity index (χ3n) is 4.69. The third kappa shape index (κ3) is 7.66. The van der Waals surface area contributed by atoms with Crippen LogP contribution in [0, 0.1) is 0 Å². The standard InChI is InChI=1S/C22H30N2O4S2/c1-17(9-10-18-11-13-19(28-2)14-12-18)23-22(25)21(15-16-29-3)24-30(26,27)20-7-5-4-6-8-20/h4-8,11-14,17,21,24H,9-10,15-16H2,1-3H3,(H,23,25). The van der Waals surface area contributed by atoms with Gasteiger partial charge in [0.05, 0.1) is 12.0 Å². The Balaban J connectivity index is 1.96. The molecule has 2 unspecified atom stereocenters. The Kier molecular flexibility index (Phi) is 9.68. The Hall–Kier alpha value is -2.03. The van der Waals surface area contributed by atoms with Crippen molar-refractivity contribution in [2.75, 3.05) is 19.1 Å². The monoisotopic (exact) mass is 450 g/mol. The smallest absolute Gasteiger partial charge is 0.241 e. The predicted octanol–water partition coefficient (Wildman–Crippen LogP) is 3.23. The Morgan fingerprint density at radius 3 is 2.33 bits per heavy atom. The van der Waals surface area contributed by atoms with Gasteiger partial charge in [-0.15, -0.1) is 0 Å². The van der Waals surface area contributed by atoms with E-state index >= 15 is 0 Å². The van der Waals surface area contributed by atoms with Crippen molar-refractivity contribution in [2.24, 2.45) is 0 Å². The summed E-state index contributed by atoms with van der Waals surface area (Å²) in [5, 5.41) is 2.96. The van der Waals surface area contributed by atoms with Crippen molar-refractivity contribution in [3.05, 3.63) is 60.2 Å². The molecule has 0 spiro atoms. The quantitative estimate of drug-likeness (QED) is 0.519. The highest BCUT2D eigenvalue weighted by molar-refractivity contribution is 7.98. The molecule has 0 saturated heterocycles. The molecule has 0 aliphatic rings. The number of hydrogen-bond acceptors (Lipinski definition) is 5. The number of ether oxygens (including phenoxy) is 1. The molecule has 0 fully saturated rings. The van der Waals surface area contributed by atoms with E-state index in [1.54, 1.807) is 37.1 Å². The molecule has 0 bridgehead atoms. The SMILES string of the molecule is COc1ccc(CCC(C)NC(=O)C(CCSC)NS(=O)(=O)c2ccccc2)cc1. The zero-order valence-electron chi connectivity index (χ0n) is 17.6. The lowest BCUT2D eigenvalue weighted by Gasteiger charge is -2.21. The summed E-state index contributed by atoms with van der Waals surface area (Å²) in [6.45, 7) is 1.93. The molecule has 8 heteroatoms. The van der Waals surface area contributed by atoms with E-state index in [0.29, 0.717) is 12.2 Å². The first-order valence-electron chi connectivity index (χ1n) is 9.85. The molecule has 30 heavy (non-hydrogen) atoms. The van der Waals surface area contributed by atoms with Gasteiger partial charge in [-0.1, -0.05) is 30.3 Å². The van der Waals surface area contributed by atoms with Gasteiger partial charge in [0.2, 0.25) is 15.9 Å². The Morgan fingerprint density at radius 2 is 1.73 bits per heavy atom. The van der Waals surface area contributed by atoms with Crippen molar-refractivity contribution >= 4 is 27.7 Å². The largest absolute Gasteiger partial charge is 0.497 e. The van der Waals surface area contributed by atoms with E-state index in [1.807, 2.05) is 37.4 Å². The number of benzene rings is 2. The summed E-state index contributed by atoms with van der Waals surface area (Å²) in [6.07, 6.45) is 3.90. The number of aryl methyl sites for hydroxylation is 1. The maximum Gasteiger partial charge on any atom is 0.241 e. The molecule has 0 aliphatic heterocycles. The van der Waals surface area contributed by atoms with Crippen LogP contribution in [-0.2, 0) is 21.2 Å². The molecule has 2 atom stereocenters. The van der Waals surface area contributed by atoms with E-state index < -0.39 is 16.1 Å². The van der Waals surface area contributed by atoms with Crippen molar-refractivity contribution in [3.8, 4) is 5.75 Å². The molecule has 6 nitrogen and oxygen atoms in total. The minimum atomic E-state index is -3.76.